The molecule has 102 valence electrons. The number of carbonyl (C=O) groups is 1. The van der Waals surface area contributed by atoms with Crippen molar-refractivity contribution in [3.05, 3.63) is 30.3 Å². The van der Waals surface area contributed by atoms with Gasteiger partial charge >= 0.3 is 0 Å². The Kier molecular flexibility index (Phi) is 8.89. The fraction of sp³-hybridized carbons (Fsp3) is 0.462. The van der Waals surface area contributed by atoms with Gasteiger partial charge in [-0.3, -0.25) is 4.79 Å². The second kappa shape index (κ2) is 9.25. The van der Waals surface area contributed by atoms with Crippen LogP contribution in [0.1, 0.15) is 13.8 Å². The van der Waals surface area contributed by atoms with Crippen LogP contribution >= 0.6 is 24.2 Å². The number of halogens is 1. The van der Waals surface area contributed by atoms with Crippen LogP contribution in [0, 0.1) is 5.92 Å². The van der Waals surface area contributed by atoms with Crippen LogP contribution < -0.4 is 11.1 Å². The molecular formula is C13H21ClN2OS. The minimum Gasteiger partial charge on any atom is -0.354 e. The number of nitrogens with two attached hydrogens (primary N) is 1. The minimum atomic E-state index is -0.406. The number of carbonyl (C=O) groups excluding carboxylic acids is 1. The van der Waals surface area contributed by atoms with Crippen LogP contribution in [0.3, 0.4) is 0 Å². The molecule has 1 atom stereocenters. The molecule has 0 aliphatic rings. The zero-order valence-electron chi connectivity index (χ0n) is 10.8. The summed E-state index contributed by atoms with van der Waals surface area (Å²) in [4.78, 5) is 12.8. The second-order valence-corrected chi connectivity index (χ2v) is 5.39. The normalized spacial score (nSPS) is 11.8. The summed E-state index contributed by atoms with van der Waals surface area (Å²) in [6.07, 6.45) is 0. The van der Waals surface area contributed by atoms with Crippen molar-refractivity contribution >= 4 is 30.1 Å². The average Bonchev–Trinajstić information content (AvgIpc) is 2.34. The van der Waals surface area contributed by atoms with E-state index in [9.17, 15) is 4.79 Å². The molecule has 0 fully saturated rings. The zero-order chi connectivity index (χ0) is 12.7. The third-order valence-corrected chi connectivity index (χ3v) is 3.45. The van der Waals surface area contributed by atoms with E-state index in [0.717, 1.165) is 5.75 Å². The highest BCUT2D eigenvalue weighted by Crippen LogP contribution is 2.15. The van der Waals surface area contributed by atoms with Crippen molar-refractivity contribution in [2.24, 2.45) is 11.7 Å². The Hall–Kier alpha value is -0.710. The zero-order valence-corrected chi connectivity index (χ0v) is 12.4. The number of rotatable bonds is 6. The van der Waals surface area contributed by atoms with Crippen molar-refractivity contribution in [1.82, 2.24) is 5.32 Å². The minimum absolute atomic E-state index is 0. The van der Waals surface area contributed by atoms with E-state index < -0.39 is 6.04 Å². The Morgan fingerprint density at radius 2 is 1.94 bits per heavy atom. The molecule has 5 heteroatoms. The van der Waals surface area contributed by atoms with Crippen molar-refractivity contribution in [2.45, 2.75) is 24.8 Å². The molecule has 0 saturated heterocycles. The van der Waals surface area contributed by atoms with E-state index in [-0.39, 0.29) is 24.2 Å². The number of amides is 1. The summed E-state index contributed by atoms with van der Waals surface area (Å²) in [5.74, 6) is 0.978. The van der Waals surface area contributed by atoms with Gasteiger partial charge in [0, 0.05) is 17.2 Å². The first kappa shape index (κ1) is 17.3. The van der Waals surface area contributed by atoms with E-state index in [4.69, 9.17) is 5.73 Å². The maximum absolute atomic E-state index is 11.6. The summed E-state index contributed by atoms with van der Waals surface area (Å²) in [6.45, 7) is 4.55. The highest BCUT2D eigenvalue weighted by atomic mass is 35.5. The van der Waals surface area contributed by atoms with Gasteiger partial charge < -0.3 is 11.1 Å². The van der Waals surface area contributed by atoms with Gasteiger partial charge in [-0.15, -0.1) is 24.2 Å². The summed E-state index contributed by atoms with van der Waals surface area (Å²) < 4.78 is 0. The Bertz CT molecular complexity index is 346. The number of hydrogen-bond donors (Lipinski definition) is 2. The van der Waals surface area contributed by atoms with E-state index in [1.165, 1.54) is 4.90 Å². The molecular weight excluding hydrogens is 268 g/mol. The third kappa shape index (κ3) is 6.28. The molecule has 3 N–H and O–H groups in total. The lowest BCUT2D eigenvalue weighted by atomic mass is 10.1. The molecule has 0 spiro atoms. The van der Waals surface area contributed by atoms with Crippen LogP contribution in [-0.2, 0) is 4.79 Å². The van der Waals surface area contributed by atoms with E-state index in [0.29, 0.717) is 6.54 Å². The highest BCUT2D eigenvalue weighted by molar-refractivity contribution is 7.99. The van der Waals surface area contributed by atoms with Crippen LogP contribution in [0.25, 0.3) is 0 Å². The van der Waals surface area contributed by atoms with E-state index in [2.05, 4.69) is 17.4 Å². The number of hydrogen-bond acceptors (Lipinski definition) is 3. The van der Waals surface area contributed by atoms with Crippen molar-refractivity contribution in [2.75, 3.05) is 12.3 Å². The molecule has 0 bridgehead atoms. The number of benzene rings is 1. The molecule has 1 unspecified atom stereocenters. The van der Waals surface area contributed by atoms with Crippen molar-refractivity contribution in [3.8, 4) is 0 Å². The largest absolute Gasteiger partial charge is 0.354 e. The molecule has 18 heavy (non-hydrogen) atoms. The van der Waals surface area contributed by atoms with Gasteiger partial charge in [0.15, 0.2) is 0 Å². The lowest BCUT2D eigenvalue weighted by Gasteiger charge is -2.15. The maximum Gasteiger partial charge on any atom is 0.237 e. The van der Waals surface area contributed by atoms with Crippen LogP contribution in [0.5, 0.6) is 0 Å². The fourth-order valence-corrected chi connectivity index (χ4v) is 2.07. The monoisotopic (exact) mass is 288 g/mol. The van der Waals surface area contributed by atoms with Crippen molar-refractivity contribution in [3.63, 3.8) is 0 Å². The van der Waals surface area contributed by atoms with E-state index in [1.807, 2.05) is 32.0 Å². The molecule has 1 amide bonds. The van der Waals surface area contributed by atoms with Crippen LogP contribution in [-0.4, -0.2) is 24.2 Å². The second-order valence-electron chi connectivity index (χ2n) is 4.22. The molecule has 0 saturated carbocycles. The molecule has 0 aliphatic carbocycles. The van der Waals surface area contributed by atoms with Crippen molar-refractivity contribution in [1.29, 1.82) is 0 Å². The molecule has 1 rings (SSSR count). The van der Waals surface area contributed by atoms with E-state index in [1.54, 1.807) is 11.8 Å². The smallest absolute Gasteiger partial charge is 0.237 e. The molecule has 0 aromatic heterocycles. The predicted octanol–water partition coefficient (Wildman–Crippen LogP) is 2.30. The summed E-state index contributed by atoms with van der Waals surface area (Å²) in [5.41, 5.74) is 5.73. The van der Waals surface area contributed by atoms with Gasteiger partial charge in [-0.25, -0.2) is 0 Å². The Morgan fingerprint density at radius 3 is 2.50 bits per heavy atom. The van der Waals surface area contributed by atoms with Gasteiger partial charge in [0.1, 0.15) is 0 Å². The first-order valence-electron chi connectivity index (χ1n) is 5.82. The van der Waals surface area contributed by atoms with Crippen LogP contribution in [0.2, 0.25) is 0 Å². The highest BCUT2D eigenvalue weighted by Gasteiger charge is 2.15. The summed E-state index contributed by atoms with van der Waals surface area (Å²) >= 11 is 1.73. The SMILES string of the molecule is CC(C)C(N)C(=O)NCCSc1ccccc1.Cl. The van der Waals surface area contributed by atoms with Gasteiger partial charge in [-0.05, 0) is 18.1 Å². The first-order valence-corrected chi connectivity index (χ1v) is 6.81. The molecule has 0 heterocycles. The topological polar surface area (TPSA) is 55.1 Å². The lowest BCUT2D eigenvalue weighted by Crippen LogP contribution is -2.44. The third-order valence-electron chi connectivity index (χ3n) is 2.43. The van der Waals surface area contributed by atoms with Crippen LogP contribution in [0.15, 0.2) is 35.2 Å². The number of thioether (sulfide) groups is 1. The molecule has 0 aliphatic heterocycles. The quantitative estimate of drug-likeness (QED) is 0.624. The summed E-state index contributed by atoms with van der Waals surface area (Å²) in [5, 5.41) is 2.85. The molecule has 0 radical (unpaired) electrons. The van der Waals surface area contributed by atoms with Gasteiger partial charge in [0.2, 0.25) is 5.91 Å². The Morgan fingerprint density at radius 1 is 1.33 bits per heavy atom. The first-order chi connectivity index (χ1) is 8.11. The maximum atomic E-state index is 11.6. The van der Waals surface area contributed by atoms with E-state index >= 15 is 0 Å². The summed E-state index contributed by atoms with van der Waals surface area (Å²) in [7, 11) is 0. The van der Waals surface area contributed by atoms with Crippen LogP contribution in [0.4, 0.5) is 0 Å². The predicted molar refractivity (Wildman–Crippen MR) is 80.2 cm³/mol. The molecule has 3 nitrogen and oxygen atoms in total. The van der Waals surface area contributed by atoms with Gasteiger partial charge in [-0.1, -0.05) is 32.0 Å². The van der Waals surface area contributed by atoms with Gasteiger partial charge in [-0.2, -0.15) is 0 Å². The Balaban J connectivity index is 0.00000289. The lowest BCUT2D eigenvalue weighted by molar-refractivity contribution is -0.123. The van der Waals surface area contributed by atoms with Gasteiger partial charge in [0.05, 0.1) is 6.04 Å². The summed E-state index contributed by atoms with van der Waals surface area (Å²) in [6, 6.07) is 9.73. The Labute approximate surface area is 119 Å². The van der Waals surface area contributed by atoms with Gasteiger partial charge in [0.25, 0.3) is 0 Å². The number of nitrogens with one attached hydrogen (secondary N) is 1. The average molecular weight is 289 g/mol. The fourth-order valence-electron chi connectivity index (χ4n) is 1.28. The van der Waals surface area contributed by atoms with Crippen molar-refractivity contribution < 1.29 is 4.79 Å². The molecule has 1 aromatic rings. The molecule has 1 aromatic carbocycles. The standard InChI is InChI=1S/C13H20N2OS.ClH/c1-10(2)12(14)13(16)15-8-9-17-11-6-4-3-5-7-11;/h3-7,10,12H,8-9,14H2,1-2H3,(H,15,16);1H.